The normalized spacial score (nSPS) is 11.2. The minimum Gasteiger partial charge on any atom is -0.478 e. The van der Waals surface area contributed by atoms with Crippen LogP contribution in [0.3, 0.4) is 0 Å². The third kappa shape index (κ3) is 4.01. The van der Waals surface area contributed by atoms with Crippen molar-refractivity contribution in [1.29, 1.82) is 0 Å². The lowest BCUT2D eigenvalue weighted by atomic mass is 10.1. The van der Waals surface area contributed by atoms with Gasteiger partial charge in [0, 0.05) is 22.6 Å². The smallest absolute Gasteiger partial charge is 0.331 e. The maximum Gasteiger partial charge on any atom is 0.331 e. The van der Waals surface area contributed by atoms with E-state index in [1.807, 2.05) is 67.6 Å². The first-order chi connectivity index (χ1) is 12.7. The van der Waals surface area contributed by atoms with E-state index in [0.29, 0.717) is 12.0 Å². The molecule has 0 bridgehead atoms. The Balaban J connectivity index is 1.99. The predicted molar refractivity (Wildman–Crippen MR) is 107 cm³/mol. The van der Waals surface area contributed by atoms with Gasteiger partial charge in [-0.05, 0) is 54.5 Å². The first-order valence-corrected chi connectivity index (χ1v) is 8.63. The van der Waals surface area contributed by atoms with E-state index in [-0.39, 0.29) is 0 Å². The molecule has 0 aliphatic rings. The molecule has 0 atom stereocenters. The lowest BCUT2D eigenvalue weighted by molar-refractivity contribution is -0.132. The number of hydrogen-bond donors (Lipinski definition) is 1. The molecule has 0 fully saturated rings. The number of para-hydroxylation sites is 2. The molecule has 0 saturated heterocycles. The molecule has 0 unspecified atom stereocenters. The summed E-state index contributed by atoms with van der Waals surface area (Å²) in [5.41, 5.74) is 4.45. The Morgan fingerprint density at radius 1 is 0.808 bits per heavy atom. The summed E-state index contributed by atoms with van der Waals surface area (Å²) in [6, 6.07) is 28.3. The molecular weight excluding hydrogens is 322 g/mol. The quantitative estimate of drug-likeness (QED) is 0.555. The molecule has 0 amide bonds. The van der Waals surface area contributed by atoms with Crippen molar-refractivity contribution in [2.45, 2.75) is 13.3 Å². The number of anilines is 3. The fraction of sp³-hybridized carbons (Fsp3) is 0.0870. The minimum absolute atomic E-state index is 0.403. The van der Waals surface area contributed by atoms with Crippen LogP contribution in [0.1, 0.15) is 18.9 Å². The summed E-state index contributed by atoms with van der Waals surface area (Å²) in [6.45, 7) is 1.85. The van der Waals surface area contributed by atoms with Crippen LogP contribution >= 0.6 is 0 Å². The van der Waals surface area contributed by atoms with Crippen LogP contribution in [0.25, 0.3) is 6.08 Å². The second-order valence-electron chi connectivity index (χ2n) is 5.93. The highest BCUT2D eigenvalue weighted by Gasteiger charge is 2.11. The Morgan fingerprint density at radius 2 is 1.27 bits per heavy atom. The fourth-order valence-corrected chi connectivity index (χ4v) is 2.84. The van der Waals surface area contributed by atoms with E-state index in [0.717, 1.165) is 22.6 Å². The number of carboxylic acid groups (broad SMARTS) is 1. The molecule has 0 saturated carbocycles. The Morgan fingerprint density at radius 3 is 1.69 bits per heavy atom. The average molecular weight is 343 g/mol. The third-order valence-electron chi connectivity index (χ3n) is 4.18. The molecule has 130 valence electrons. The van der Waals surface area contributed by atoms with Crippen molar-refractivity contribution in [1.82, 2.24) is 0 Å². The molecule has 0 heterocycles. The van der Waals surface area contributed by atoms with Crippen LogP contribution in [0.15, 0.2) is 90.5 Å². The Labute approximate surface area is 153 Å². The topological polar surface area (TPSA) is 40.5 Å². The summed E-state index contributed by atoms with van der Waals surface area (Å²) in [5.74, 6) is -0.869. The zero-order chi connectivity index (χ0) is 18.4. The second kappa shape index (κ2) is 8.17. The van der Waals surface area contributed by atoms with Crippen LogP contribution in [0, 0.1) is 0 Å². The Kier molecular flexibility index (Phi) is 5.49. The zero-order valence-corrected chi connectivity index (χ0v) is 14.7. The first kappa shape index (κ1) is 17.5. The maximum atomic E-state index is 11.2. The molecular formula is C23H21NO2. The lowest BCUT2D eigenvalue weighted by Gasteiger charge is -2.25. The Bertz CT molecular complexity index is 845. The van der Waals surface area contributed by atoms with Gasteiger partial charge in [0.25, 0.3) is 0 Å². The SMILES string of the molecule is CCC(=Cc1ccc(N(c2ccccc2)c2ccccc2)cc1)C(=O)O. The van der Waals surface area contributed by atoms with Crippen molar-refractivity contribution in [3.63, 3.8) is 0 Å². The van der Waals surface area contributed by atoms with Gasteiger partial charge in [-0.25, -0.2) is 4.79 Å². The van der Waals surface area contributed by atoms with Crippen molar-refractivity contribution in [2.75, 3.05) is 4.90 Å². The molecule has 0 aliphatic carbocycles. The van der Waals surface area contributed by atoms with E-state index in [9.17, 15) is 9.90 Å². The molecule has 0 aromatic heterocycles. The van der Waals surface area contributed by atoms with Gasteiger partial charge in [0.15, 0.2) is 0 Å². The molecule has 3 rings (SSSR count). The van der Waals surface area contributed by atoms with Crippen LogP contribution in [0.5, 0.6) is 0 Å². The summed E-state index contributed by atoms with van der Waals surface area (Å²) >= 11 is 0. The van der Waals surface area contributed by atoms with Gasteiger partial charge < -0.3 is 10.0 Å². The standard InChI is InChI=1S/C23H21NO2/c1-2-19(23(25)26)17-18-13-15-22(16-14-18)24(20-9-5-3-6-10-20)21-11-7-4-8-12-21/h3-17H,2H2,1H3,(H,25,26). The number of aliphatic carboxylic acids is 1. The van der Waals surface area contributed by atoms with Crippen LogP contribution in [0.4, 0.5) is 17.1 Å². The van der Waals surface area contributed by atoms with Gasteiger partial charge in [0.1, 0.15) is 0 Å². The summed E-state index contributed by atoms with van der Waals surface area (Å²) in [7, 11) is 0. The Hall–Kier alpha value is -3.33. The highest BCUT2D eigenvalue weighted by Crippen LogP contribution is 2.34. The predicted octanol–water partition coefficient (Wildman–Crippen LogP) is 6.03. The molecule has 0 radical (unpaired) electrons. The molecule has 3 aromatic rings. The summed E-state index contributed by atoms with van der Waals surface area (Å²) in [6.07, 6.45) is 2.22. The van der Waals surface area contributed by atoms with E-state index in [2.05, 4.69) is 29.2 Å². The maximum absolute atomic E-state index is 11.2. The van der Waals surface area contributed by atoms with Crippen molar-refractivity contribution >= 4 is 29.1 Å². The number of nitrogens with zero attached hydrogens (tertiary/aromatic N) is 1. The van der Waals surface area contributed by atoms with Gasteiger partial charge in [-0.2, -0.15) is 0 Å². The van der Waals surface area contributed by atoms with Crippen molar-refractivity contribution in [2.24, 2.45) is 0 Å². The van der Waals surface area contributed by atoms with Gasteiger partial charge in [-0.15, -0.1) is 0 Å². The molecule has 0 spiro atoms. The highest BCUT2D eigenvalue weighted by molar-refractivity contribution is 5.92. The minimum atomic E-state index is -0.869. The molecule has 3 aromatic carbocycles. The first-order valence-electron chi connectivity index (χ1n) is 8.63. The summed E-state index contributed by atoms with van der Waals surface area (Å²) < 4.78 is 0. The second-order valence-corrected chi connectivity index (χ2v) is 5.93. The van der Waals surface area contributed by atoms with Crippen molar-refractivity contribution in [3.8, 4) is 0 Å². The molecule has 3 nitrogen and oxygen atoms in total. The van der Waals surface area contributed by atoms with E-state index in [4.69, 9.17) is 0 Å². The number of benzene rings is 3. The van der Waals surface area contributed by atoms with E-state index in [1.165, 1.54) is 0 Å². The van der Waals surface area contributed by atoms with Crippen molar-refractivity contribution < 1.29 is 9.90 Å². The van der Waals surface area contributed by atoms with Crippen LogP contribution in [-0.2, 0) is 4.79 Å². The van der Waals surface area contributed by atoms with E-state index < -0.39 is 5.97 Å². The van der Waals surface area contributed by atoms with Gasteiger partial charge in [0.2, 0.25) is 0 Å². The molecule has 26 heavy (non-hydrogen) atoms. The number of carboxylic acids is 1. The van der Waals surface area contributed by atoms with Crippen LogP contribution < -0.4 is 4.90 Å². The molecule has 3 heteroatoms. The van der Waals surface area contributed by atoms with Gasteiger partial charge in [-0.1, -0.05) is 55.5 Å². The number of carbonyl (C=O) groups is 1. The highest BCUT2D eigenvalue weighted by atomic mass is 16.4. The van der Waals surface area contributed by atoms with E-state index in [1.54, 1.807) is 6.08 Å². The lowest BCUT2D eigenvalue weighted by Crippen LogP contribution is -2.09. The summed E-state index contributed by atoms with van der Waals surface area (Å²) in [4.78, 5) is 13.4. The number of rotatable bonds is 6. The largest absolute Gasteiger partial charge is 0.478 e. The fourth-order valence-electron chi connectivity index (χ4n) is 2.84. The van der Waals surface area contributed by atoms with Crippen molar-refractivity contribution in [3.05, 3.63) is 96.1 Å². The van der Waals surface area contributed by atoms with Gasteiger partial charge in [-0.3, -0.25) is 0 Å². The van der Waals surface area contributed by atoms with Gasteiger partial charge in [0.05, 0.1) is 0 Å². The monoisotopic (exact) mass is 343 g/mol. The van der Waals surface area contributed by atoms with Gasteiger partial charge >= 0.3 is 5.97 Å². The third-order valence-corrected chi connectivity index (χ3v) is 4.18. The van der Waals surface area contributed by atoms with E-state index >= 15 is 0 Å². The summed E-state index contributed by atoms with van der Waals surface area (Å²) in [5, 5.41) is 9.20. The molecule has 1 N–H and O–H groups in total. The van der Waals surface area contributed by atoms with Crippen LogP contribution in [-0.4, -0.2) is 11.1 Å². The number of hydrogen-bond acceptors (Lipinski definition) is 2. The molecule has 0 aliphatic heterocycles. The average Bonchev–Trinajstić information content (AvgIpc) is 2.69. The van der Waals surface area contributed by atoms with Crippen LogP contribution in [0.2, 0.25) is 0 Å². The zero-order valence-electron chi connectivity index (χ0n) is 14.7.